The van der Waals surface area contributed by atoms with Crippen molar-refractivity contribution in [3.05, 3.63) is 35.6 Å². The first kappa shape index (κ1) is 17.0. The third-order valence-electron chi connectivity index (χ3n) is 3.38. The third kappa shape index (κ3) is 4.00. The normalized spacial score (nSPS) is 15.9. The van der Waals surface area contributed by atoms with Crippen molar-refractivity contribution in [1.82, 2.24) is 5.16 Å². The van der Waals surface area contributed by atoms with Crippen molar-refractivity contribution < 1.29 is 23.6 Å². The fraction of sp³-hybridized carbons (Fsp3) is 0.250. The van der Waals surface area contributed by atoms with Gasteiger partial charge in [0.1, 0.15) is 5.76 Å². The number of ether oxygens (including phenoxy) is 1. The van der Waals surface area contributed by atoms with Crippen LogP contribution in [0.4, 0.5) is 11.5 Å². The number of carbonyl (C=O) groups excluding carboxylic acids is 3. The highest BCUT2D eigenvalue weighted by Crippen LogP contribution is 2.35. The van der Waals surface area contributed by atoms with Gasteiger partial charge in [0.2, 0.25) is 5.91 Å². The predicted molar refractivity (Wildman–Crippen MR) is 90.5 cm³/mol. The van der Waals surface area contributed by atoms with Gasteiger partial charge >= 0.3 is 5.97 Å². The lowest BCUT2D eigenvalue weighted by atomic mass is 10.2. The zero-order valence-electron chi connectivity index (χ0n) is 13.5. The Bertz CT molecular complexity index is 848. The minimum atomic E-state index is -0.660. The zero-order valence-corrected chi connectivity index (χ0v) is 14.3. The van der Waals surface area contributed by atoms with Crippen LogP contribution in [0, 0.1) is 6.92 Å². The molecular formula is C16H15N3O5S. The number of aromatic nitrogens is 1. The molecule has 1 aliphatic heterocycles. The van der Waals surface area contributed by atoms with Crippen LogP contribution in [-0.2, 0) is 14.3 Å². The second kappa shape index (κ2) is 6.98. The number of thioether (sulfide) groups is 1. The minimum absolute atomic E-state index is 0.120. The Kier molecular flexibility index (Phi) is 4.75. The van der Waals surface area contributed by atoms with Gasteiger partial charge in [-0.15, -0.1) is 11.8 Å². The van der Waals surface area contributed by atoms with Gasteiger partial charge in [0.25, 0.3) is 5.91 Å². The van der Waals surface area contributed by atoms with Gasteiger partial charge in [0.15, 0.2) is 12.4 Å². The molecule has 1 aromatic heterocycles. The van der Waals surface area contributed by atoms with Crippen LogP contribution in [-0.4, -0.2) is 34.8 Å². The lowest BCUT2D eigenvalue weighted by Crippen LogP contribution is -2.26. The number of carbonyl (C=O) groups is 3. The maximum Gasteiger partial charge on any atom is 0.338 e. The summed E-state index contributed by atoms with van der Waals surface area (Å²) in [7, 11) is 0. The number of esters is 1. The quantitative estimate of drug-likeness (QED) is 0.803. The molecule has 3 rings (SSSR count). The molecule has 2 N–H and O–H groups in total. The van der Waals surface area contributed by atoms with E-state index in [1.54, 1.807) is 32.0 Å². The summed E-state index contributed by atoms with van der Waals surface area (Å²) in [5, 5.41) is 8.61. The van der Waals surface area contributed by atoms with E-state index in [1.165, 1.54) is 17.8 Å². The van der Waals surface area contributed by atoms with E-state index in [2.05, 4.69) is 15.8 Å². The van der Waals surface area contributed by atoms with Crippen LogP contribution >= 0.6 is 11.8 Å². The average molecular weight is 361 g/mol. The molecule has 0 saturated carbocycles. The van der Waals surface area contributed by atoms with Gasteiger partial charge in [-0.2, -0.15) is 0 Å². The Morgan fingerprint density at radius 2 is 2.20 bits per heavy atom. The Morgan fingerprint density at radius 3 is 2.92 bits per heavy atom. The topological polar surface area (TPSA) is 111 Å². The molecule has 0 unspecified atom stereocenters. The van der Waals surface area contributed by atoms with Gasteiger partial charge in [-0.05, 0) is 32.0 Å². The molecule has 0 bridgehead atoms. The smallest absolute Gasteiger partial charge is 0.338 e. The van der Waals surface area contributed by atoms with E-state index in [-0.39, 0.29) is 22.5 Å². The molecule has 1 atom stereocenters. The average Bonchev–Trinajstić information content (AvgIpc) is 2.98. The van der Waals surface area contributed by atoms with E-state index in [1.807, 2.05) is 0 Å². The molecule has 8 nitrogen and oxygen atoms in total. The summed E-state index contributed by atoms with van der Waals surface area (Å²) in [4.78, 5) is 36.4. The monoisotopic (exact) mass is 361 g/mol. The Labute approximate surface area is 147 Å². The molecule has 1 aliphatic rings. The van der Waals surface area contributed by atoms with E-state index in [0.29, 0.717) is 11.4 Å². The van der Waals surface area contributed by atoms with Crippen molar-refractivity contribution in [2.24, 2.45) is 0 Å². The van der Waals surface area contributed by atoms with Gasteiger partial charge in [0.05, 0.1) is 16.5 Å². The highest BCUT2D eigenvalue weighted by Gasteiger charge is 2.24. The van der Waals surface area contributed by atoms with Gasteiger partial charge in [-0.1, -0.05) is 5.16 Å². The number of anilines is 2. The van der Waals surface area contributed by atoms with Crippen molar-refractivity contribution in [3.8, 4) is 0 Å². The summed E-state index contributed by atoms with van der Waals surface area (Å²) in [5.41, 5.74) is 0.810. The van der Waals surface area contributed by atoms with E-state index >= 15 is 0 Å². The van der Waals surface area contributed by atoms with Gasteiger partial charge in [-0.25, -0.2) is 4.79 Å². The molecule has 0 fully saturated rings. The van der Waals surface area contributed by atoms with Crippen molar-refractivity contribution in [3.63, 3.8) is 0 Å². The molecule has 9 heteroatoms. The van der Waals surface area contributed by atoms with Crippen molar-refractivity contribution in [2.75, 3.05) is 17.2 Å². The van der Waals surface area contributed by atoms with E-state index < -0.39 is 18.5 Å². The van der Waals surface area contributed by atoms with Crippen molar-refractivity contribution >= 4 is 41.1 Å². The molecule has 0 radical (unpaired) electrons. The lowest BCUT2D eigenvalue weighted by molar-refractivity contribution is -0.119. The molecule has 1 aromatic carbocycles. The largest absolute Gasteiger partial charge is 0.452 e. The van der Waals surface area contributed by atoms with Crippen LogP contribution in [0.1, 0.15) is 23.0 Å². The summed E-state index contributed by atoms with van der Waals surface area (Å²) in [5.74, 6) is -0.508. The van der Waals surface area contributed by atoms with Crippen LogP contribution in [0.3, 0.4) is 0 Å². The Balaban J connectivity index is 1.59. The Hall–Kier alpha value is -2.81. The predicted octanol–water partition coefficient (Wildman–Crippen LogP) is 2.21. The second-order valence-electron chi connectivity index (χ2n) is 5.41. The molecule has 0 spiro atoms. The number of nitrogens with zero attached hydrogens (tertiary/aromatic N) is 1. The number of aryl methyl sites for hydroxylation is 1. The molecule has 2 amide bonds. The van der Waals surface area contributed by atoms with E-state index in [0.717, 1.165) is 4.90 Å². The summed E-state index contributed by atoms with van der Waals surface area (Å²) in [6.07, 6.45) is 0. The van der Waals surface area contributed by atoms with E-state index in [9.17, 15) is 14.4 Å². The molecule has 0 aliphatic carbocycles. The number of benzene rings is 1. The second-order valence-corrected chi connectivity index (χ2v) is 6.79. The number of fused-ring (bicyclic) bond motifs is 1. The van der Waals surface area contributed by atoms with Gasteiger partial charge in [0, 0.05) is 11.0 Å². The maximum atomic E-state index is 12.1. The number of nitrogens with one attached hydrogen (secondary N) is 2. The van der Waals surface area contributed by atoms with Crippen molar-refractivity contribution in [2.45, 2.75) is 24.0 Å². The van der Waals surface area contributed by atoms with Gasteiger partial charge in [-0.3, -0.25) is 9.59 Å². The fourth-order valence-corrected chi connectivity index (χ4v) is 3.08. The summed E-state index contributed by atoms with van der Waals surface area (Å²) >= 11 is 1.42. The van der Waals surface area contributed by atoms with Gasteiger partial charge < -0.3 is 19.9 Å². The SMILES string of the molecule is Cc1cc(NC(=O)COC(=O)c2ccc3c(c2)NC(=O)[C@H](C)S3)no1. The third-order valence-corrected chi connectivity index (χ3v) is 4.55. The molecular weight excluding hydrogens is 346 g/mol. The highest BCUT2D eigenvalue weighted by molar-refractivity contribution is 8.00. The first-order valence-electron chi connectivity index (χ1n) is 7.44. The molecule has 0 saturated heterocycles. The Morgan fingerprint density at radius 1 is 1.40 bits per heavy atom. The number of hydrogen-bond donors (Lipinski definition) is 2. The number of hydrogen-bond acceptors (Lipinski definition) is 7. The van der Waals surface area contributed by atoms with Crippen LogP contribution < -0.4 is 10.6 Å². The highest BCUT2D eigenvalue weighted by atomic mass is 32.2. The molecule has 2 aromatic rings. The fourth-order valence-electron chi connectivity index (χ4n) is 2.15. The van der Waals surface area contributed by atoms with Crippen LogP contribution in [0.2, 0.25) is 0 Å². The summed E-state index contributed by atoms with van der Waals surface area (Å²) in [6.45, 7) is 3.04. The first-order valence-corrected chi connectivity index (χ1v) is 8.32. The van der Waals surface area contributed by atoms with Crippen molar-refractivity contribution in [1.29, 1.82) is 0 Å². The minimum Gasteiger partial charge on any atom is -0.452 e. The molecule has 130 valence electrons. The number of amides is 2. The first-order chi connectivity index (χ1) is 11.9. The summed E-state index contributed by atoms with van der Waals surface area (Å²) in [6, 6.07) is 6.42. The van der Waals surface area contributed by atoms with Crippen LogP contribution in [0.5, 0.6) is 0 Å². The molecule has 2 heterocycles. The van der Waals surface area contributed by atoms with Crippen LogP contribution in [0.15, 0.2) is 33.7 Å². The standard InChI is InChI=1S/C16H15N3O5S/c1-8-5-13(19-24-8)18-14(20)7-23-16(22)10-3-4-12-11(6-10)17-15(21)9(2)25-12/h3-6,9H,7H2,1-2H3,(H,17,21)(H,18,19,20)/t9-/m0/s1. The van der Waals surface area contributed by atoms with Crippen LogP contribution in [0.25, 0.3) is 0 Å². The lowest BCUT2D eigenvalue weighted by Gasteiger charge is -2.21. The zero-order chi connectivity index (χ0) is 18.0. The maximum absolute atomic E-state index is 12.1. The summed E-state index contributed by atoms with van der Waals surface area (Å²) < 4.78 is 9.80. The van der Waals surface area contributed by atoms with E-state index in [4.69, 9.17) is 9.26 Å². The molecule has 25 heavy (non-hydrogen) atoms. The number of rotatable bonds is 4.